The van der Waals surface area contributed by atoms with E-state index in [0.717, 1.165) is 28.1 Å². The van der Waals surface area contributed by atoms with Gasteiger partial charge in [-0.05, 0) is 29.8 Å². The van der Waals surface area contributed by atoms with Gasteiger partial charge in [-0.15, -0.1) is 0 Å². The maximum absolute atomic E-state index is 12.4. The van der Waals surface area contributed by atoms with E-state index < -0.39 is 0 Å². The first-order valence-electron chi connectivity index (χ1n) is 9.54. The van der Waals surface area contributed by atoms with Gasteiger partial charge in [-0.2, -0.15) is 5.10 Å². The number of aromatic nitrogens is 3. The highest BCUT2D eigenvalue weighted by Crippen LogP contribution is 2.25. The van der Waals surface area contributed by atoms with Crippen LogP contribution in [0.25, 0.3) is 16.9 Å². The molecule has 144 valence electrons. The van der Waals surface area contributed by atoms with Crippen molar-refractivity contribution in [1.29, 1.82) is 0 Å². The molecule has 0 spiro atoms. The molecule has 2 aromatic heterocycles. The van der Waals surface area contributed by atoms with Gasteiger partial charge in [-0.1, -0.05) is 48.5 Å². The molecule has 0 radical (unpaired) electrons. The minimum atomic E-state index is 0.0263. The molecule has 2 aromatic carbocycles. The summed E-state index contributed by atoms with van der Waals surface area (Å²) in [7, 11) is 0. The zero-order chi connectivity index (χ0) is 20.1. The summed E-state index contributed by atoms with van der Waals surface area (Å²) in [5.41, 5.74) is 4.82. The first-order valence-corrected chi connectivity index (χ1v) is 9.54. The first kappa shape index (κ1) is 18.6. The molecule has 0 saturated carbocycles. The monoisotopic (exact) mass is 382 g/mol. The molecule has 2 heterocycles. The van der Waals surface area contributed by atoms with Gasteiger partial charge in [0, 0.05) is 49.7 Å². The third-order valence-electron chi connectivity index (χ3n) is 4.77. The largest absolute Gasteiger partial charge is 0.334 e. The van der Waals surface area contributed by atoms with Gasteiger partial charge in [0.05, 0.1) is 11.4 Å². The average molecular weight is 382 g/mol. The number of benzene rings is 2. The minimum Gasteiger partial charge on any atom is -0.334 e. The molecule has 0 N–H and O–H groups in total. The first-order chi connectivity index (χ1) is 14.2. The number of rotatable bonds is 6. The molecular weight excluding hydrogens is 360 g/mol. The molecule has 0 unspecified atom stereocenters. The Bertz CT molecular complexity index is 1080. The topological polar surface area (TPSA) is 51.0 Å². The van der Waals surface area contributed by atoms with Crippen LogP contribution < -0.4 is 0 Å². The van der Waals surface area contributed by atoms with Crippen LogP contribution in [0.1, 0.15) is 18.1 Å². The second-order valence-electron chi connectivity index (χ2n) is 6.89. The van der Waals surface area contributed by atoms with Crippen LogP contribution in [0.2, 0.25) is 0 Å². The van der Waals surface area contributed by atoms with Crippen molar-refractivity contribution in [3.63, 3.8) is 0 Å². The molecule has 0 saturated heterocycles. The Morgan fingerprint density at radius 2 is 1.66 bits per heavy atom. The number of carbonyl (C=O) groups excluding carboxylic acids is 1. The van der Waals surface area contributed by atoms with Crippen molar-refractivity contribution in [2.75, 3.05) is 0 Å². The zero-order valence-electron chi connectivity index (χ0n) is 16.3. The lowest BCUT2D eigenvalue weighted by molar-refractivity contribution is -0.130. The van der Waals surface area contributed by atoms with Crippen LogP contribution >= 0.6 is 0 Å². The summed E-state index contributed by atoms with van der Waals surface area (Å²) < 4.78 is 1.86. The van der Waals surface area contributed by atoms with Gasteiger partial charge in [-0.25, -0.2) is 4.68 Å². The lowest BCUT2D eigenvalue weighted by atomic mass is 10.1. The van der Waals surface area contributed by atoms with Crippen LogP contribution in [0.4, 0.5) is 0 Å². The SMILES string of the molecule is CC(=O)N(Cc1ccccc1)Cc1cn(-c2ccccc2)nc1-c1cccnc1. The van der Waals surface area contributed by atoms with E-state index in [1.165, 1.54) is 0 Å². The molecule has 0 aliphatic rings. The van der Waals surface area contributed by atoms with Crippen molar-refractivity contribution in [3.8, 4) is 16.9 Å². The summed E-state index contributed by atoms with van der Waals surface area (Å²) in [6.45, 7) is 2.63. The number of nitrogens with zero attached hydrogens (tertiary/aromatic N) is 4. The van der Waals surface area contributed by atoms with E-state index in [1.54, 1.807) is 19.3 Å². The Balaban J connectivity index is 1.71. The molecule has 5 nitrogen and oxygen atoms in total. The van der Waals surface area contributed by atoms with E-state index in [0.29, 0.717) is 13.1 Å². The highest BCUT2D eigenvalue weighted by molar-refractivity contribution is 5.74. The Labute approximate surface area is 170 Å². The van der Waals surface area contributed by atoms with Crippen molar-refractivity contribution < 1.29 is 4.79 Å². The Morgan fingerprint density at radius 1 is 0.931 bits per heavy atom. The molecule has 4 aromatic rings. The fourth-order valence-electron chi connectivity index (χ4n) is 3.27. The van der Waals surface area contributed by atoms with Gasteiger partial charge < -0.3 is 4.90 Å². The Morgan fingerprint density at radius 3 is 2.31 bits per heavy atom. The molecule has 0 bridgehead atoms. The summed E-state index contributed by atoms with van der Waals surface area (Å²) in [4.78, 5) is 18.4. The summed E-state index contributed by atoms with van der Waals surface area (Å²) in [5.74, 6) is 0.0263. The lowest BCUT2D eigenvalue weighted by Crippen LogP contribution is -2.27. The average Bonchev–Trinajstić information content (AvgIpc) is 3.19. The summed E-state index contributed by atoms with van der Waals surface area (Å²) in [6, 6.07) is 23.9. The van der Waals surface area contributed by atoms with Crippen LogP contribution in [0.5, 0.6) is 0 Å². The highest BCUT2D eigenvalue weighted by Gasteiger charge is 2.17. The summed E-state index contributed by atoms with van der Waals surface area (Å²) in [6.07, 6.45) is 5.55. The lowest BCUT2D eigenvalue weighted by Gasteiger charge is -2.21. The number of carbonyl (C=O) groups is 1. The maximum Gasteiger partial charge on any atom is 0.220 e. The van der Waals surface area contributed by atoms with Gasteiger partial charge in [0.15, 0.2) is 0 Å². The van der Waals surface area contributed by atoms with Gasteiger partial charge in [0.25, 0.3) is 0 Å². The van der Waals surface area contributed by atoms with E-state index in [9.17, 15) is 4.79 Å². The van der Waals surface area contributed by atoms with E-state index in [1.807, 2.05) is 88.6 Å². The predicted molar refractivity (Wildman–Crippen MR) is 113 cm³/mol. The Kier molecular flexibility index (Phi) is 5.47. The third kappa shape index (κ3) is 4.41. The van der Waals surface area contributed by atoms with Crippen LogP contribution in [0, 0.1) is 0 Å². The molecule has 4 rings (SSSR count). The molecule has 29 heavy (non-hydrogen) atoms. The number of hydrogen-bond acceptors (Lipinski definition) is 3. The van der Waals surface area contributed by atoms with Gasteiger partial charge >= 0.3 is 0 Å². The molecule has 0 aliphatic heterocycles. The molecule has 0 fully saturated rings. The number of hydrogen-bond donors (Lipinski definition) is 0. The smallest absolute Gasteiger partial charge is 0.220 e. The van der Waals surface area contributed by atoms with Gasteiger partial charge in [0.2, 0.25) is 5.91 Å². The van der Waals surface area contributed by atoms with Crippen LogP contribution in [-0.2, 0) is 17.9 Å². The fraction of sp³-hybridized carbons (Fsp3) is 0.125. The highest BCUT2D eigenvalue weighted by atomic mass is 16.2. The third-order valence-corrected chi connectivity index (χ3v) is 4.77. The van der Waals surface area contributed by atoms with Gasteiger partial charge in [0.1, 0.15) is 0 Å². The van der Waals surface area contributed by atoms with Crippen molar-refractivity contribution >= 4 is 5.91 Å². The van der Waals surface area contributed by atoms with Crippen molar-refractivity contribution in [2.45, 2.75) is 20.0 Å². The summed E-state index contributed by atoms with van der Waals surface area (Å²) in [5, 5.41) is 4.81. The second-order valence-corrected chi connectivity index (χ2v) is 6.89. The standard InChI is InChI=1S/C24H22N4O/c1-19(29)27(16-20-9-4-2-5-10-20)17-22-18-28(23-12-6-3-7-13-23)26-24(22)21-11-8-14-25-15-21/h2-15,18H,16-17H2,1H3. The van der Waals surface area contributed by atoms with Crippen LogP contribution in [-0.4, -0.2) is 25.6 Å². The predicted octanol–water partition coefficient (Wildman–Crippen LogP) is 4.48. The fourth-order valence-corrected chi connectivity index (χ4v) is 3.27. The van der Waals surface area contributed by atoms with Crippen molar-refractivity contribution in [1.82, 2.24) is 19.7 Å². The van der Waals surface area contributed by atoms with Crippen molar-refractivity contribution in [2.24, 2.45) is 0 Å². The second kappa shape index (κ2) is 8.52. The molecule has 5 heteroatoms. The molecular formula is C24H22N4O. The van der Waals surface area contributed by atoms with Crippen LogP contribution in [0.3, 0.4) is 0 Å². The molecule has 0 aliphatic carbocycles. The molecule has 1 amide bonds. The summed E-state index contributed by atoms with van der Waals surface area (Å²) >= 11 is 0. The van der Waals surface area contributed by atoms with Crippen LogP contribution in [0.15, 0.2) is 91.4 Å². The van der Waals surface area contributed by atoms with Gasteiger partial charge in [-0.3, -0.25) is 9.78 Å². The van der Waals surface area contributed by atoms with Crippen molar-refractivity contribution in [3.05, 3.63) is 103 Å². The van der Waals surface area contributed by atoms with E-state index >= 15 is 0 Å². The number of para-hydroxylation sites is 1. The zero-order valence-corrected chi connectivity index (χ0v) is 16.3. The van der Waals surface area contributed by atoms with E-state index in [4.69, 9.17) is 5.10 Å². The molecule has 0 atom stereocenters. The number of pyridine rings is 1. The van der Waals surface area contributed by atoms with E-state index in [2.05, 4.69) is 4.98 Å². The number of amides is 1. The normalized spacial score (nSPS) is 10.7. The Hall–Kier alpha value is -3.73. The van der Waals surface area contributed by atoms with E-state index in [-0.39, 0.29) is 5.91 Å². The quantitative estimate of drug-likeness (QED) is 0.494. The minimum absolute atomic E-state index is 0.0263. The maximum atomic E-state index is 12.4.